The summed E-state index contributed by atoms with van der Waals surface area (Å²) in [6.45, 7) is 5.09. The Hall–Kier alpha value is -5.33. The summed E-state index contributed by atoms with van der Waals surface area (Å²) in [5, 5.41) is 4.43. The molecule has 0 fully saturated rings. The first-order chi connectivity index (χ1) is 19.5. The lowest BCUT2D eigenvalue weighted by Gasteiger charge is -2.25. The molecular formula is C28H27F3N8O2. The van der Waals surface area contributed by atoms with Gasteiger partial charge in [0.05, 0.1) is 31.1 Å². The fraction of sp³-hybridized carbons (Fsp3) is 0.143. The Balaban J connectivity index is 1.76. The number of amides is 1. The van der Waals surface area contributed by atoms with E-state index in [1.807, 2.05) is 0 Å². The first-order valence-corrected chi connectivity index (χ1v) is 12.2. The first kappa shape index (κ1) is 28.7. The van der Waals surface area contributed by atoms with Gasteiger partial charge in [-0.15, -0.1) is 0 Å². The minimum Gasteiger partial charge on any atom is -0.452 e. The summed E-state index contributed by atoms with van der Waals surface area (Å²) in [7, 11) is 1.12. The number of methoxy groups -OCH3 is 1. The minimum absolute atomic E-state index is 0.0420. The summed E-state index contributed by atoms with van der Waals surface area (Å²) in [6, 6.07) is 12.0. The van der Waals surface area contributed by atoms with Crippen LogP contribution in [-0.2, 0) is 17.7 Å². The lowest BCUT2D eigenvalue weighted by Crippen LogP contribution is -2.40. The van der Waals surface area contributed by atoms with E-state index in [2.05, 4.69) is 21.7 Å². The number of carbonyl (C=O) groups excluding carboxylic acids is 1. The zero-order chi connectivity index (χ0) is 29.8. The Morgan fingerprint density at radius 2 is 1.80 bits per heavy atom. The molecule has 0 aliphatic carbocycles. The van der Waals surface area contributed by atoms with Gasteiger partial charge in [0.25, 0.3) is 0 Å². The van der Waals surface area contributed by atoms with Gasteiger partial charge in [0, 0.05) is 18.1 Å². The predicted octanol–water partition coefficient (Wildman–Crippen LogP) is 3.89. The van der Waals surface area contributed by atoms with Gasteiger partial charge >= 0.3 is 6.09 Å². The Morgan fingerprint density at radius 3 is 2.49 bits per heavy atom. The molecule has 10 nitrogen and oxygen atoms in total. The number of hydrogen-bond donors (Lipinski definition) is 3. The molecule has 1 amide bonds. The Morgan fingerprint density at radius 1 is 1.10 bits per heavy atom. The average molecular weight is 565 g/mol. The highest BCUT2D eigenvalue weighted by atomic mass is 19.1. The molecule has 0 radical (unpaired) electrons. The number of nitrogens with zero attached hydrogens (tertiary/aromatic N) is 5. The van der Waals surface area contributed by atoms with E-state index in [0.29, 0.717) is 16.8 Å². The van der Waals surface area contributed by atoms with Crippen LogP contribution in [0.4, 0.5) is 18.0 Å². The third kappa shape index (κ3) is 5.98. The molecule has 13 heteroatoms. The molecule has 0 aliphatic rings. The molecule has 6 N–H and O–H groups in total. The third-order valence-corrected chi connectivity index (χ3v) is 6.15. The van der Waals surface area contributed by atoms with Crippen LogP contribution in [0, 0.1) is 24.4 Å². The molecule has 2 aromatic heterocycles. The van der Waals surface area contributed by atoms with Crippen molar-refractivity contribution < 1.29 is 22.7 Å². The highest BCUT2D eigenvalue weighted by Gasteiger charge is 2.26. The summed E-state index contributed by atoms with van der Waals surface area (Å²) >= 11 is 0. The molecule has 0 bridgehead atoms. The zero-order valence-corrected chi connectivity index (χ0v) is 22.2. The number of rotatable bonds is 8. The van der Waals surface area contributed by atoms with Gasteiger partial charge in [-0.3, -0.25) is 4.90 Å². The smallest absolute Gasteiger partial charge is 0.414 e. The number of benzene rings is 2. The second kappa shape index (κ2) is 11.8. The number of aliphatic imine (C=N–C) groups is 1. The van der Waals surface area contributed by atoms with Crippen molar-refractivity contribution in [2.75, 3.05) is 7.11 Å². The molecule has 0 saturated carbocycles. The van der Waals surface area contributed by atoms with Crippen molar-refractivity contribution in [2.45, 2.75) is 19.9 Å². The first-order valence-electron chi connectivity index (χ1n) is 12.2. The number of hydrogen-bond acceptors (Lipinski definition) is 7. The second-order valence-electron chi connectivity index (χ2n) is 8.97. The van der Waals surface area contributed by atoms with E-state index in [1.54, 1.807) is 37.3 Å². The van der Waals surface area contributed by atoms with Crippen molar-refractivity contribution >= 4 is 28.8 Å². The van der Waals surface area contributed by atoms with Crippen molar-refractivity contribution in [1.29, 1.82) is 0 Å². The van der Waals surface area contributed by atoms with Gasteiger partial charge in [0.15, 0.2) is 5.84 Å². The van der Waals surface area contributed by atoms with Crippen LogP contribution in [0.25, 0.3) is 16.9 Å². The van der Waals surface area contributed by atoms with Crippen LogP contribution in [0.15, 0.2) is 77.8 Å². The van der Waals surface area contributed by atoms with Gasteiger partial charge < -0.3 is 21.9 Å². The zero-order valence-electron chi connectivity index (χ0n) is 22.2. The van der Waals surface area contributed by atoms with Crippen molar-refractivity contribution in [3.05, 3.63) is 113 Å². The number of amidine groups is 1. The number of nitrogens with two attached hydrogens (primary N) is 3. The van der Waals surface area contributed by atoms with Gasteiger partial charge in [0.2, 0.25) is 0 Å². The maximum absolute atomic E-state index is 14.8. The van der Waals surface area contributed by atoms with Crippen LogP contribution >= 0.6 is 0 Å². The molecule has 0 aliphatic heterocycles. The molecule has 0 atom stereocenters. The average Bonchev–Trinajstić information content (AvgIpc) is 3.28. The summed E-state index contributed by atoms with van der Waals surface area (Å²) in [5.41, 5.74) is 19.4. The van der Waals surface area contributed by atoms with Gasteiger partial charge in [-0.2, -0.15) is 5.10 Å². The number of ether oxygens (including phenoxy) is 1. The summed E-state index contributed by atoms with van der Waals surface area (Å²) in [6.07, 6.45) is 0.107. The number of aryl methyl sites for hydroxylation is 1. The van der Waals surface area contributed by atoms with Crippen molar-refractivity contribution in [3.63, 3.8) is 0 Å². The standard InChI is InChI=1S/C28H27F3N8O2/c1-15-7-6-9-18(23(15)31)14-38(28(40)41-3)25(26(32)33)27(34)36-16(2)39-22-12-19(29)13-35-24(22)21(37-39)11-17-8-4-5-10-20(17)30/h4-10,12-13H,2,11,14,32-33H2,1,3H3,(H2,34,36). The molecular weight excluding hydrogens is 537 g/mol. The molecule has 4 aromatic rings. The molecule has 4 rings (SSSR count). The van der Waals surface area contributed by atoms with E-state index in [9.17, 15) is 18.0 Å². The highest BCUT2D eigenvalue weighted by Crippen LogP contribution is 2.25. The second-order valence-corrected chi connectivity index (χ2v) is 8.97. The molecule has 212 valence electrons. The van der Waals surface area contributed by atoms with Crippen LogP contribution in [0.3, 0.4) is 0 Å². The lowest BCUT2D eigenvalue weighted by molar-refractivity contribution is 0.135. The Labute approximate surface area is 233 Å². The molecule has 0 unspecified atom stereocenters. The fourth-order valence-corrected chi connectivity index (χ4v) is 4.20. The van der Waals surface area contributed by atoms with E-state index in [1.165, 1.54) is 16.8 Å². The molecule has 0 saturated heterocycles. The van der Waals surface area contributed by atoms with Crippen LogP contribution in [0.1, 0.15) is 22.4 Å². The fourth-order valence-electron chi connectivity index (χ4n) is 4.20. The van der Waals surface area contributed by atoms with Gasteiger partial charge in [0.1, 0.15) is 40.3 Å². The van der Waals surface area contributed by atoms with Crippen LogP contribution in [-0.4, -0.2) is 38.7 Å². The number of aromatic nitrogens is 3. The maximum Gasteiger partial charge on any atom is 0.414 e. The minimum atomic E-state index is -0.943. The Bertz CT molecular complexity index is 1710. The summed E-state index contributed by atoms with van der Waals surface area (Å²) in [4.78, 5) is 22.0. The number of pyridine rings is 1. The van der Waals surface area contributed by atoms with Gasteiger partial charge in [-0.05, 0) is 24.1 Å². The van der Waals surface area contributed by atoms with Crippen LogP contribution in [0.2, 0.25) is 0 Å². The van der Waals surface area contributed by atoms with Gasteiger partial charge in [-0.1, -0.05) is 43.0 Å². The van der Waals surface area contributed by atoms with Gasteiger partial charge in [-0.25, -0.2) is 32.6 Å². The normalized spacial score (nSPS) is 11.4. The number of fused-ring (bicyclic) bond motifs is 1. The van der Waals surface area contributed by atoms with E-state index >= 15 is 0 Å². The van der Waals surface area contributed by atoms with Crippen LogP contribution < -0.4 is 17.2 Å². The monoisotopic (exact) mass is 564 g/mol. The highest BCUT2D eigenvalue weighted by molar-refractivity contribution is 6.01. The van der Waals surface area contributed by atoms with E-state index in [0.717, 1.165) is 24.3 Å². The third-order valence-electron chi connectivity index (χ3n) is 6.15. The number of carbonyl (C=O) groups is 1. The van der Waals surface area contributed by atoms with Crippen molar-refractivity contribution in [3.8, 4) is 0 Å². The summed E-state index contributed by atoms with van der Waals surface area (Å²) < 4.78 is 49.4. The predicted molar refractivity (Wildman–Crippen MR) is 148 cm³/mol. The topological polar surface area (TPSA) is 151 Å². The lowest BCUT2D eigenvalue weighted by atomic mass is 10.1. The Kier molecular flexibility index (Phi) is 8.26. The largest absolute Gasteiger partial charge is 0.452 e. The number of halogens is 3. The maximum atomic E-state index is 14.8. The summed E-state index contributed by atoms with van der Waals surface area (Å²) in [5.74, 6) is -2.60. The molecule has 2 aromatic carbocycles. The van der Waals surface area contributed by atoms with E-state index in [4.69, 9.17) is 21.9 Å². The molecule has 0 spiro atoms. The van der Waals surface area contributed by atoms with Crippen LogP contribution in [0.5, 0.6) is 0 Å². The van der Waals surface area contributed by atoms with Crippen molar-refractivity contribution in [1.82, 2.24) is 19.7 Å². The molecule has 2 heterocycles. The quantitative estimate of drug-likeness (QED) is 0.217. The van der Waals surface area contributed by atoms with E-state index < -0.39 is 35.2 Å². The van der Waals surface area contributed by atoms with E-state index in [-0.39, 0.29) is 41.1 Å². The van der Waals surface area contributed by atoms with Crippen molar-refractivity contribution in [2.24, 2.45) is 22.2 Å². The molecule has 41 heavy (non-hydrogen) atoms. The SMILES string of the molecule is C=C(/N=C(/N)C(=C(N)N)N(Cc1cccc(C)c1F)C(=O)OC)n1nc(Cc2ccccc2F)c2ncc(F)cc21.